The number of aromatic nitrogens is 2. The van der Waals surface area contributed by atoms with Gasteiger partial charge in [0.05, 0.1) is 24.3 Å². The molecule has 34 heavy (non-hydrogen) atoms. The molecule has 0 radical (unpaired) electrons. The Balaban J connectivity index is 1.87. The Morgan fingerprint density at radius 1 is 0.882 bits per heavy atom. The number of anilines is 1. The normalized spacial score (nSPS) is 11.9. The first-order chi connectivity index (χ1) is 15.9. The average Bonchev–Trinajstić information content (AvgIpc) is 3.22. The zero-order valence-corrected chi connectivity index (χ0v) is 17.7. The minimum Gasteiger partial charge on any atom is -0.490 e. The number of nitrogens with one attached hydrogen (secondary N) is 1. The Morgan fingerprint density at radius 3 is 2.03 bits per heavy atom. The number of nitrogens with zero attached hydrogens (tertiary/aromatic N) is 2. The zero-order chi connectivity index (χ0) is 25.1. The van der Waals surface area contributed by atoms with Crippen LogP contribution in [0.4, 0.5) is 32.4 Å². The molecule has 1 N–H and O–H groups in total. The Labute approximate surface area is 188 Å². The van der Waals surface area contributed by atoms with Crippen molar-refractivity contribution < 1.29 is 45.0 Å². The van der Waals surface area contributed by atoms with E-state index in [1.165, 1.54) is 6.07 Å². The fourth-order valence-electron chi connectivity index (χ4n) is 2.83. The fourth-order valence-corrected chi connectivity index (χ4v) is 2.83. The van der Waals surface area contributed by atoms with Crippen molar-refractivity contribution in [3.63, 3.8) is 0 Å². The number of hydrogen-bond donors (Lipinski definition) is 1. The summed E-state index contributed by atoms with van der Waals surface area (Å²) in [5.41, 5.74) is -3.77. The third kappa shape index (κ3) is 5.77. The monoisotopic (exact) mass is 489 g/mol. The Morgan fingerprint density at radius 2 is 1.47 bits per heavy atom. The molecular formula is C21H17F6N3O4. The second-order valence-corrected chi connectivity index (χ2v) is 6.69. The zero-order valence-electron chi connectivity index (χ0n) is 17.7. The molecular weight excluding hydrogens is 472 g/mol. The lowest BCUT2D eigenvalue weighted by molar-refractivity contribution is -0.143. The first-order valence-corrected chi connectivity index (χ1v) is 9.76. The van der Waals surface area contributed by atoms with Crippen molar-refractivity contribution in [3.05, 3.63) is 53.1 Å². The van der Waals surface area contributed by atoms with Gasteiger partial charge in [0.15, 0.2) is 11.5 Å². The van der Waals surface area contributed by atoms with Crippen molar-refractivity contribution in [2.45, 2.75) is 26.2 Å². The molecule has 0 saturated heterocycles. The minimum atomic E-state index is -5.10. The molecule has 7 nitrogen and oxygen atoms in total. The fraction of sp³-hybridized carbons (Fsp3) is 0.286. The molecule has 0 unspecified atom stereocenters. The van der Waals surface area contributed by atoms with Gasteiger partial charge in [0, 0.05) is 11.1 Å². The van der Waals surface area contributed by atoms with E-state index in [4.69, 9.17) is 13.9 Å². The highest BCUT2D eigenvalue weighted by Crippen LogP contribution is 2.37. The summed E-state index contributed by atoms with van der Waals surface area (Å²) >= 11 is 0. The highest BCUT2D eigenvalue weighted by Gasteiger charge is 2.37. The number of rotatable bonds is 7. The maximum atomic E-state index is 13.0. The van der Waals surface area contributed by atoms with Crippen molar-refractivity contribution >= 4 is 11.9 Å². The molecule has 0 aliphatic heterocycles. The van der Waals surface area contributed by atoms with Crippen LogP contribution in [0.1, 0.15) is 35.3 Å². The third-order valence-corrected chi connectivity index (χ3v) is 4.29. The molecule has 182 valence electrons. The lowest BCUT2D eigenvalue weighted by atomic mass is 10.0. The summed E-state index contributed by atoms with van der Waals surface area (Å²) in [5, 5.41) is 9.31. The van der Waals surface area contributed by atoms with E-state index in [1.807, 2.05) is 5.32 Å². The number of benzene rings is 2. The number of amides is 1. The van der Waals surface area contributed by atoms with Crippen molar-refractivity contribution in [1.29, 1.82) is 0 Å². The second kappa shape index (κ2) is 9.61. The van der Waals surface area contributed by atoms with Gasteiger partial charge >= 0.3 is 18.4 Å². The first kappa shape index (κ1) is 24.9. The Hall–Kier alpha value is -3.77. The van der Waals surface area contributed by atoms with E-state index in [2.05, 4.69) is 10.2 Å². The quantitative estimate of drug-likeness (QED) is 0.421. The molecule has 0 bridgehead atoms. The van der Waals surface area contributed by atoms with Gasteiger partial charge < -0.3 is 13.9 Å². The lowest BCUT2D eigenvalue weighted by Gasteiger charge is -2.13. The van der Waals surface area contributed by atoms with E-state index < -0.39 is 41.0 Å². The summed E-state index contributed by atoms with van der Waals surface area (Å²) in [6.45, 7) is 4.28. The smallest absolute Gasteiger partial charge is 0.416 e. The van der Waals surface area contributed by atoms with Crippen LogP contribution in [0.2, 0.25) is 0 Å². The number of halogens is 6. The predicted molar refractivity (Wildman–Crippen MR) is 106 cm³/mol. The first-order valence-electron chi connectivity index (χ1n) is 9.76. The maximum absolute atomic E-state index is 13.0. The molecule has 0 aliphatic carbocycles. The van der Waals surface area contributed by atoms with Crippen LogP contribution in [0.5, 0.6) is 11.5 Å². The van der Waals surface area contributed by atoms with E-state index in [1.54, 1.807) is 26.0 Å². The van der Waals surface area contributed by atoms with Crippen LogP contribution in [0, 0.1) is 0 Å². The van der Waals surface area contributed by atoms with E-state index >= 15 is 0 Å². The average molecular weight is 489 g/mol. The van der Waals surface area contributed by atoms with Crippen molar-refractivity contribution in [2.75, 3.05) is 18.5 Å². The largest absolute Gasteiger partial charge is 0.490 e. The molecule has 0 saturated carbocycles. The molecule has 1 amide bonds. The van der Waals surface area contributed by atoms with Crippen LogP contribution in [0.25, 0.3) is 11.5 Å². The van der Waals surface area contributed by atoms with E-state index in [9.17, 15) is 31.1 Å². The number of carbonyl (C=O) groups is 1. The highest BCUT2D eigenvalue weighted by molar-refractivity contribution is 6.03. The Kier molecular flexibility index (Phi) is 7.03. The van der Waals surface area contributed by atoms with E-state index in [-0.39, 0.29) is 12.0 Å². The minimum absolute atomic E-state index is 0.0799. The summed E-state index contributed by atoms with van der Waals surface area (Å²) in [5.74, 6) is -0.534. The van der Waals surface area contributed by atoms with Crippen LogP contribution in [-0.4, -0.2) is 29.3 Å². The molecule has 1 heterocycles. The molecule has 0 spiro atoms. The van der Waals surface area contributed by atoms with Crippen molar-refractivity contribution in [3.8, 4) is 23.0 Å². The highest BCUT2D eigenvalue weighted by atomic mass is 19.4. The topological polar surface area (TPSA) is 86.5 Å². The van der Waals surface area contributed by atoms with Crippen LogP contribution in [-0.2, 0) is 12.4 Å². The molecule has 0 aliphatic rings. The van der Waals surface area contributed by atoms with Crippen molar-refractivity contribution in [1.82, 2.24) is 10.2 Å². The van der Waals surface area contributed by atoms with E-state index in [0.717, 1.165) is 0 Å². The molecule has 0 fully saturated rings. The summed E-state index contributed by atoms with van der Waals surface area (Å²) in [6, 6.07) is 4.67. The van der Waals surface area contributed by atoms with Gasteiger partial charge in [-0.2, -0.15) is 26.3 Å². The van der Waals surface area contributed by atoms with Gasteiger partial charge in [-0.25, -0.2) is 0 Å². The van der Waals surface area contributed by atoms with E-state index in [0.29, 0.717) is 42.4 Å². The molecule has 2 aromatic carbocycles. The SMILES string of the molecule is CCOc1ccc(-c2nnc(NC(=O)c3cc(C(F)(F)F)cc(C(F)(F)F)c3)o2)cc1OCC. The molecule has 1 aromatic heterocycles. The van der Waals surface area contributed by atoms with Gasteiger partial charge in [0.25, 0.3) is 5.91 Å². The predicted octanol–water partition coefficient (Wildman–Crippen LogP) is 5.82. The molecule has 0 atom stereocenters. The summed E-state index contributed by atoms with van der Waals surface area (Å²) < 4.78 is 94.4. The van der Waals surface area contributed by atoms with Gasteiger partial charge in [-0.15, -0.1) is 5.10 Å². The third-order valence-electron chi connectivity index (χ3n) is 4.29. The van der Waals surface area contributed by atoms with Gasteiger partial charge in [0.1, 0.15) is 0 Å². The van der Waals surface area contributed by atoms with Crippen LogP contribution < -0.4 is 14.8 Å². The van der Waals surface area contributed by atoms with Crippen LogP contribution in [0.15, 0.2) is 40.8 Å². The number of hydrogen-bond acceptors (Lipinski definition) is 6. The number of carbonyl (C=O) groups excluding carboxylic acids is 1. The van der Waals surface area contributed by atoms with Crippen LogP contribution in [0.3, 0.4) is 0 Å². The van der Waals surface area contributed by atoms with Gasteiger partial charge in [0.2, 0.25) is 5.89 Å². The number of ether oxygens (including phenoxy) is 2. The van der Waals surface area contributed by atoms with Gasteiger partial charge in [-0.05, 0) is 50.2 Å². The van der Waals surface area contributed by atoms with Gasteiger partial charge in [-0.3, -0.25) is 10.1 Å². The molecule has 13 heteroatoms. The number of alkyl halides is 6. The summed E-state index contributed by atoms with van der Waals surface area (Å²) in [4.78, 5) is 12.4. The lowest BCUT2D eigenvalue weighted by Crippen LogP contribution is -2.17. The van der Waals surface area contributed by atoms with Crippen molar-refractivity contribution in [2.24, 2.45) is 0 Å². The maximum Gasteiger partial charge on any atom is 0.416 e. The van der Waals surface area contributed by atoms with Gasteiger partial charge in [-0.1, -0.05) is 5.10 Å². The summed E-state index contributed by atoms with van der Waals surface area (Å²) in [7, 11) is 0. The molecule has 3 aromatic rings. The standard InChI is InChI=1S/C21H17F6N3O4/c1-3-32-15-6-5-11(9-16(15)33-4-2)18-29-30-19(34-18)28-17(31)12-7-13(20(22,23)24)10-14(8-12)21(25,26)27/h5-10H,3-4H2,1-2H3,(H,28,30,31). The summed E-state index contributed by atoms with van der Waals surface area (Å²) in [6.07, 6.45) is -10.2. The Bertz CT molecular complexity index is 1140. The van der Waals surface area contributed by atoms with Crippen LogP contribution >= 0.6 is 0 Å². The second-order valence-electron chi connectivity index (χ2n) is 6.69. The molecule has 3 rings (SSSR count).